The lowest BCUT2D eigenvalue weighted by Crippen LogP contribution is -2.54. The number of hydrogen-bond donors (Lipinski definition) is 1. The first-order valence-electron chi connectivity index (χ1n) is 11.8. The van der Waals surface area contributed by atoms with Crippen LogP contribution in [0.25, 0.3) is 6.08 Å². The molecule has 10 heteroatoms. The van der Waals surface area contributed by atoms with Gasteiger partial charge in [0.15, 0.2) is 23.0 Å². The zero-order valence-corrected chi connectivity index (χ0v) is 22.2. The summed E-state index contributed by atoms with van der Waals surface area (Å²) in [5.74, 6) is 0.263. The quantitative estimate of drug-likeness (QED) is 0.306. The number of nitrogens with one attached hydrogen (secondary N) is 1. The molecule has 1 fully saturated rings. The smallest absolute Gasteiger partial charge is 0.335 e. The van der Waals surface area contributed by atoms with E-state index < -0.39 is 17.8 Å². The molecule has 194 valence electrons. The molecular formula is C28H23BrN2O7. The monoisotopic (exact) mass is 578 g/mol. The van der Waals surface area contributed by atoms with Crippen LogP contribution in [0.5, 0.6) is 23.0 Å². The summed E-state index contributed by atoms with van der Waals surface area (Å²) < 4.78 is 23.1. The van der Waals surface area contributed by atoms with E-state index >= 15 is 0 Å². The lowest BCUT2D eigenvalue weighted by Gasteiger charge is -2.26. The van der Waals surface area contributed by atoms with Gasteiger partial charge in [-0.05, 0) is 71.2 Å². The summed E-state index contributed by atoms with van der Waals surface area (Å²) >= 11 is 3.53. The fraction of sp³-hybridized carbons (Fsp3) is 0.179. The van der Waals surface area contributed by atoms with Gasteiger partial charge in [-0.1, -0.05) is 29.8 Å². The number of amides is 4. The van der Waals surface area contributed by atoms with E-state index in [-0.39, 0.29) is 18.1 Å². The van der Waals surface area contributed by atoms with Crippen molar-refractivity contribution in [3.8, 4) is 23.0 Å². The first-order chi connectivity index (χ1) is 18.3. The Kier molecular flexibility index (Phi) is 7.06. The van der Waals surface area contributed by atoms with Gasteiger partial charge in [0.2, 0.25) is 6.79 Å². The van der Waals surface area contributed by atoms with Crippen molar-refractivity contribution in [1.29, 1.82) is 0 Å². The Balaban J connectivity index is 1.45. The van der Waals surface area contributed by atoms with Crippen LogP contribution in [0.4, 0.5) is 10.5 Å². The molecule has 0 atom stereocenters. The Labute approximate surface area is 227 Å². The van der Waals surface area contributed by atoms with Gasteiger partial charge >= 0.3 is 6.03 Å². The highest BCUT2D eigenvalue weighted by Gasteiger charge is 2.37. The maximum absolute atomic E-state index is 13.3. The van der Waals surface area contributed by atoms with Crippen molar-refractivity contribution in [3.05, 3.63) is 81.3 Å². The molecule has 0 spiro atoms. The van der Waals surface area contributed by atoms with Crippen LogP contribution in [-0.2, 0) is 16.2 Å². The van der Waals surface area contributed by atoms with Crippen LogP contribution in [0.1, 0.15) is 23.6 Å². The highest BCUT2D eigenvalue weighted by Crippen LogP contribution is 2.39. The summed E-state index contributed by atoms with van der Waals surface area (Å²) in [5, 5.41) is 2.22. The Morgan fingerprint density at radius 1 is 1.03 bits per heavy atom. The summed E-state index contributed by atoms with van der Waals surface area (Å²) in [4.78, 5) is 39.5. The van der Waals surface area contributed by atoms with Crippen molar-refractivity contribution in [2.45, 2.75) is 20.5 Å². The van der Waals surface area contributed by atoms with E-state index in [2.05, 4.69) is 21.2 Å². The molecule has 3 aromatic carbocycles. The molecule has 9 nitrogen and oxygen atoms in total. The Morgan fingerprint density at radius 2 is 1.84 bits per heavy atom. The summed E-state index contributed by atoms with van der Waals surface area (Å²) in [6.07, 6.45) is 1.40. The molecule has 0 unspecified atom stereocenters. The molecule has 5 rings (SSSR count). The minimum Gasteiger partial charge on any atom is -0.490 e. The third-order valence-electron chi connectivity index (χ3n) is 5.82. The molecule has 0 aliphatic carbocycles. The van der Waals surface area contributed by atoms with Crippen LogP contribution in [-0.4, -0.2) is 31.2 Å². The molecule has 1 saturated heterocycles. The largest absolute Gasteiger partial charge is 0.490 e. The van der Waals surface area contributed by atoms with Crippen LogP contribution in [0, 0.1) is 6.92 Å². The summed E-state index contributed by atoms with van der Waals surface area (Å²) in [6, 6.07) is 15.2. The van der Waals surface area contributed by atoms with Crippen molar-refractivity contribution in [3.63, 3.8) is 0 Å². The number of urea groups is 1. The second-order valence-electron chi connectivity index (χ2n) is 8.54. The third kappa shape index (κ3) is 5.08. The van der Waals surface area contributed by atoms with Gasteiger partial charge in [0.05, 0.1) is 16.8 Å². The van der Waals surface area contributed by atoms with Crippen LogP contribution < -0.4 is 29.2 Å². The molecule has 4 amide bonds. The number of benzene rings is 3. The number of imide groups is 2. The number of aryl methyl sites for hydroxylation is 1. The zero-order valence-electron chi connectivity index (χ0n) is 20.6. The van der Waals surface area contributed by atoms with Crippen molar-refractivity contribution in [1.82, 2.24) is 5.32 Å². The van der Waals surface area contributed by atoms with Gasteiger partial charge < -0.3 is 18.9 Å². The Hall–Kier alpha value is -4.31. The fourth-order valence-corrected chi connectivity index (χ4v) is 4.69. The second-order valence-corrected chi connectivity index (χ2v) is 9.39. The molecule has 2 aliphatic heterocycles. The van der Waals surface area contributed by atoms with E-state index in [1.165, 1.54) is 12.1 Å². The number of anilines is 1. The number of halogens is 1. The van der Waals surface area contributed by atoms with Gasteiger partial charge in [0.1, 0.15) is 12.2 Å². The summed E-state index contributed by atoms with van der Waals surface area (Å²) in [7, 11) is 0. The highest BCUT2D eigenvalue weighted by atomic mass is 79.9. The second kappa shape index (κ2) is 10.6. The normalized spacial score (nSPS) is 15.6. The van der Waals surface area contributed by atoms with Crippen LogP contribution in [0.15, 0.2) is 64.6 Å². The number of hydrogen-bond acceptors (Lipinski definition) is 7. The van der Waals surface area contributed by atoms with Gasteiger partial charge in [0.25, 0.3) is 11.8 Å². The first kappa shape index (κ1) is 25.3. The van der Waals surface area contributed by atoms with Gasteiger partial charge in [0, 0.05) is 6.07 Å². The molecule has 0 saturated carbocycles. The standard InChI is InChI=1S/C28H23BrN2O7/c1-3-35-24-12-18(11-21(29)25(24)36-14-17-6-4-5-16(2)9-17)10-20-26(32)30-28(34)31(27(20)33)19-7-8-22-23(13-19)38-15-37-22/h4-13H,3,14-15H2,1-2H3,(H,30,32,34)/b20-10+. The lowest BCUT2D eigenvalue weighted by atomic mass is 10.1. The molecule has 0 radical (unpaired) electrons. The first-order valence-corrected chi connectivity index (χ1v) is 12.6. The third-order valence-corrected chi connectivity index (χ3v) is 6.41. The van der Waals surface area contributed by atoms with Crippen LogP contribution >= 0.6 is 15.9 Å². The van der Waals surface area contributed by atoms with Crippen molar-refractivity contribution < 1.29 is 33.3 Å². The molecule has 1 N–H and O–H groups in total. The van der Waals surface area contributed by atoms with Crippen LogP contribution in [0.2, 0.25) is 0 Å². The number of nitrogens with zero attached hydrogens (tertiary/aromatic N) is 1. The van der Waals surface area contributed by atoms with E-state index in [1.54, 1.807) is 24.3 Å². The van der Waals surface area contributed by atoms with Gasteiger partial charge in [-0.25, -0.2) is 9.69 Å². The number of fused-ring (bicyclic) bond motifs is 1. The number of carbonyl (C=O) groups excluding carboxylic acids is 3. The summed E-state index contributed by atoms with van der Waals surface area (Å²) in [5.41, 5.74) is 2.65. The van der Waals surface area contributed by atoms with Crippen molar-refractivity contribution in [2.24, 2.45) is 0 Å². The van der Waals surface area contributed by atoms with Crippen molar-refractivity contribution in [2.75, 3.05) is 18.3 Å². The molecule has 0 bridgehead atoms. The molecule has 0 aromatic heterocycles. The highest BCUT2D eigenvalue weighted by molar-refractivity contribution is 9.10. The van der Waals surface area contributed by atoms with E-state index in [4.69, 9.17) is 18.9 Å². The SMILES string of the molecule is CCOc1cc(/C=C2\C(=O)NC(=O)N(c3ccc4c(c3)OCO4)C2=O)cc(Br)c1OCc1cccc(C)c1. The fourth-order valence-electron chi connectivity index (χ4n) is 4.11. The van der Waals surface area contributed by atoms with E-state index in [0.717, 1.165) is 16.0 Å². The van der Waals surface area contributed by atoms with Gasteiger partial charge in [-0.2, -0.15) is 0 Å². The molecular weight excluding hydrogens is 556 g/mol. The lowest BCUT2D eigenvalue weighted by molar-refractivity contribution is -0.122. The number of rotatable bonds is 7. The van der Waals surface area contributed by atoms with Crippen LogP contribution in [0.3, 0.4) is 0 Å². The topological polar surface area (TPSA) is 103 Å². The minimum absolute atomic E-state index is 0.0459. The number of barbiturate groups is 1. The molecule has 3 aromatic rings. The van der Waals surface area contributed by atoms with E-state index in [9.17, 15) is 14.4 Å². The van der Waals surface area contributed by atoms with E-state index in [1.807, 2.05) is 38.1 Å². The average molecular weight is 579 g/mol. The molecule has 38 heavy (non-hydrogen) atoms. The average Bonchev–Trinajstić information content (AvgIpc) is 3.34. The van der Waals surface area contributed by atoms with E-state index in [0.29, 0.717) is 46.2 Å². The predicted molar refractivity (Wildman–Crippen MR) is 142 cm³/mol. The van der Waals surface area contributed by atoms with Crippen molar-refractivity contribution >= 4 is 45.5 Å². The number of carbonyl (C=O) groups is 3. The minimum atomic E-state index is -0.855. The molecule has 2 aliphatic rings. The van der Waals surface area contributed by atoms with Gasteiger partial charge in [-0.3, -0.25) is 14.9 Å². The van der Waals surface area contributed by atoms with Gasteiger partial charge in [-0.15, -0.1) is 0 Å². The summed E-state index contributed by atoms with van der Waals surface area (Å²) in [6.45, 7) is 4.60. The zero-order chi connectivity index (χ0) is 26.8. The maximum atomic E-state index is 13.3. The Morgan fingerprint density at radius 3 is 2.63 bits per heavy atom. The Bertz CT molecular complexity index is 1480. The predicted octanol–water partition coefficient (Wildman–Crippen LogP) is 5.13. The maximum Gasteiger partial charge on any atom is 0.335 e. The molecule has 2 heterocycles. The number of ether oxygens (including phenoxy) is 4.